The van der Waals surface area contributed by atoms with Gasteiger partial charge in [-0.15, -0.1) is 0 Å². The normalized spacial score (nSPS) is 21.4. The molecule has 3 aliphatic heterocycles. The number of anilines is 1. The van der Waals surface area contributed by atoms with E-state index in [2.05, 4.69) is 15.1 Å². The molecule has 0 atom stereocenters. The van der Waals surface area contributed by atoms with Crippen LogP contribution in [0, 0.1) is 5.82 Å². The van der Waals surface area contributed by atoms with Crippen molar-refractivity contribution < 1.29 is 14.0 Å². The fraction of sp³-hybridized carbons (Fsp3) is 0.600. The Morgan fingerprint density at radius 3 is 2.29 bits per heavy atom. The van der Waals surface area contributed by atoms with Crippen molar-refractivity contribution in [3.05, 3.63) is 29.6 Å². The van der Waals surface area contributed by atoms with E-state index in [0.29, 0.717) is 31.9 Å². The summed E-state index contributed by atoms with van der Waals surface area (Å²) < 4.78 is 14.3. The molecule has 1 N–H and O–H groups in total. The SMILES string of the molecule is O=C(c1cc(N2CCNC2=O)ccc1F)N1CCN(CCN2CCCC2)CC1. The highest BCUT2D eigenvalue weighted by Gasteiger charge is 2.27. The van der Waals surface area contributed by atoms with E-state index in [4.69, 9.17) is 0 Å². The highest BCUT2D eigenvalue weighted by molar-refractivity contribution is 5.98. The molecule has 3 heterocycles. The number of urea groups is 1. The van der Waals surface area contributed by atoms with Crippen molar-refractivity contribution in [1.82, 2.24) is 20.0 Å². The molecule has 7 nitrogen and oxygen atoms in total. The van der Waals surface area contributed by atoms with E-state index in [1.165, 1.54) is 43.0 Å². The number of likely N-dealkylation sites (tertiary alicyclic amines) is 1. The molecule has 0 saturated carbocycles. The highest BCUT2D eigenvalue weighted by atomic mass is 19.1. The number of amides is 3. The molecule has 8 heteroatoms. The fourth-order valence-corrected chi connectivity index (χ4v) is 4.20. The summed E-state index contributed by atoms with van der Waals surface area (Å²) in [6, 6.07) is 4.12. The van der Waals surface area contributed by atoms with E-state index in [1.807, 2.05) is 0 Å². The van der Waals surface area contributed by atoms with Gasteiger partial charge in [0.25, 0.3) is 5.91 Å². The molecule has 0 radical (unpaired) electrons. The third kappa shape index (κ3) is 4.12. The Labute approximate surface area is 165 Å². The van der Waals surface area contributed by atoms with Crippen molar-refractivity contribution in [3.63, 3.8) is 0 Å². The molecule has 0 aliphatic carbocycles. The summed E-state index contributed by atoms with van der Waals surface area (Å²) in [5, 5.41) is 2.72. The predicted octanol–water partition coefficient (Wildman–Crippen LogP) is 1.21. The number of carbonyl (C=O) groups excluding carboxylic acids is 2. The lowest BCUT2D eigenvalue weighted by atomic mass is 10.1. The molecule has 1 aromatic rings. The van der Waals surface area contributed by atoms with Crippen LogP contribution in [-0.2, 0) is 0 Å². The first kappa shape index (κ1) is 19.1. The first-order chi connectivity index (χ1) is 13.6. The van der Waals surface area contributed by atoms with Gasteiger partial charge in [-0.05, 0) is 44.1 Å². The van der Waals surface area contributed by atoms with Crippen LogP contribution in [0.2, 0.25) is 0 Å². The van der Waals surface area contributed by atoms with Crippen LogP contribution >= 0.6 is 0 Å². The van der Waals surface area contributed by atoms with Crippen LogP contribution in [0.25, 0.3) is 0 Å². The summed E-state index contributed by atoms with van der Waals surface area (Å²) in [5.41, 5.74) is 0.603. The topological polar surface area (TPSA) is 59.1 Å². The van der Waals surface area contributed by atoms with E-state index in [1.54, 1.807) is 11.0 Å². The van der Waals surface area contributed by atoms with Crippen LogP contribution in [0.15, 0.2) is 18.2 Å². The van der Waals surface area contributed by atoms with Crippen molar-refractivity contribution >= 4 is 17.6 Å². The average molecular weight is 389 g/mol. The fourth-order valence-electron chi connectivity index (χ4n) is 4.20. The zero-order chi connectivity index (χ0) is 19.5. The molecule has 152 valence electrons. The number of rotatable bonds is 5. The van der Waals surface area contributed by atoms with Gasteiger partial charge in [0.15, 0.2) is 0 Å². The number of piperazine rings is 1. The van der Waals surface area contributed by atoms with Crippen LogP contribution in [0.4, 0.5) is 14.9 Å². The lowest BCUT2D eigenvalue weighted by Crippen LogP contribution is -2.50. The average Bonchev–Trinajstić information content (AvgIpc) is 3.38. The van der Waals surface area contributed by atoms with Gasteiger partial charge in [-0.1, -0.05) is 0 Å². The molecule has 3 saturated heterocycles. The van der Waals surface area contributed by atoms with Gasteiger partial charge in [0.2, 0.25) is 0 Å². The number of hydrogen-bond donors (Lipinski definition) is 1. The molecule has 1 aromatic carbocycles. The van der Waals surface area contributed by atoms with Crippen molar-refractivity contribution in [1.29, 1.82) is 0 Å². The summed E-state index contributed by atoms with van der Waals surface area (Å²) in [7, 11) is 0. The highest BCUT2D eigenvalue weighted by Crippen LogP contribution is 2.22. The van der Waals surface area contributed by atoms with Gasteiger partial charge in [-0.3, -0.25) is 14.6 Å². The molecule has 3 amide bonds. The minimum Gasteiger partial charge on any atom is -0.336 e. The summed E-state index contributed by atoms with van der Waals surface area (Å²) >= 11 is 0. The number of halogens is 1. The zero-order valence-corrected chi connectivity index (χ0v) is 16.2. The van der Waals surface area contributed by atoms with Gasteiger partial charge < -0.3 is 15.1 Å². The monoisotopic (exact) mass is 389 g/mol. The summed E-state index contributed by atoms with van der Waals surface area (Å²) in [6.45, 7) is 8.42. The van der Waals surface area contributed by atoms with Crippen LogP contribution in [0.1, 0.15) is 23.2 Å². The van der Waals surface area contributed by atoms with Crippen LogP contribution < -0.4 is 10.2 Å². The molecule has 0 spiro atoms. The summed E-state index contributed by atoms with van der Waals surface area (Å²) in [4.78, 5) is 32.9. The van der Waals surface area contributed by atoms with E-state index >= 15 is 0 Å². The van der Waals surface area contributed by atoms with Crippen LogP contribution in [-0.4, -0.2) is 92.1 Å². The number of carbonyl (C=O) groups is 2. The van der Waals surface area contributed by atoms with Gasteiger partial charge in [0.05, 0.1) is 5.56 Å². The van der Waals surface area contributed by atoms with E-state index < -0.39 is 5.82 Å². The Hall–Kier alpha value is -2.19. The minimum atomic E-state index is -0.537. The Balaban J connectivity index is 1.35. The molecule has 28 heavy (non-hydrogen) atoms. The van der Waals surface area contributed by atoms with Gasteiger partial charge >= 0.3 is 6.03 Å². The molecule has 0 bridgehead atoms. The summed E-state index contributed by atoms with van der Waals surface area (Å²) in [5.74, 6) is -0.831. The quantitative estimate of drug-likeness (QED) is 0.823. The van der Waals surface area contributed by atoms with E-state index in [-0.39, 0.29) is 17.5 Å². The third-order valence-electron chi connectivity index (χ3n) is 5.94. The first-order valence-corrected chi connectivity index (χ1v) is 10.2. The first-order valence-electron chi connectivity index (χ1n) is 10.2. The maximum absolute atomic E-state index is 14.3. The second kappa shape index (κ2) is 8.45. The largest absolute Gasteiger partial charge is 0.336 e. The van der Waals surface area contributed by atoms with E-state index in [0.717, 1.165) is 26.2 Å². The molecule has 3 aliphatic rings. The smallest absolute Gasteiger partial charge is 0.321 e. The maximum Gasteiger partial charge on any atom is 0.321 e. The standard InChI is InChI=1S/C20H28FN5O2/c21-18-4-3-16(26-8-5-22-20(26)28)15-17(18)19(27)25-13-11-24(12-14-25)10-9-23-6-1-2-7-23/h3-4,15H,1-2,5-14H2,(H,22,28). The second-order valence-electron chi connectivity index (χ2n) is 7.73. The predicted molar refractivity (Wildman–Crippen MR) is 105 cm³/mol. The zero-order valence-electron chi connectivity index (χ0n) is 16.2. The van der Waals surface area contributed by atoms with Crippen LogP contribution in [0.3, 0.4) is 0 Å². The lowest BCUT2D eigenvalue weighted by molar-refractivity contribution is 0.0622. The summed E-state index contributed by atoms with van der Waals surface area (Å²) in [6.07, 6.45) is 2.60. The number of nitrogens with one attached hydrogen (secondary N) is 1. The van der Waals surface area contributed by atoms with Gasteiger partial charge in [-0.25, -0.2) is 9.18 Å². The van der Waals surface area contributed by atoms with Gasteiger partial charge in [-0.2, -0.15) is 0 Å². The Morgan fingerprint density at radius 1 is 0.964 bits per heavy atom. The number of hydrogen-bond acceptors (Lipinski definition) is 4. The van der Waals surface area contributed by atoms with E-state index in [9.17, 15) is 14.0 Å². The Bertz CT molecular complexity index is 729. The molecular weight excluding hydrogens is 361 g/mol. The molecular formula is C20H28FN5O2. The molecule has 0 aromatic heterocycles. The number of benzene rings is 1. The number of nitrogens with zero attached hydrogens (tertiary/aromatic N) is 4. The molecule has 0 unspecified atom stereocenters. The lowest BCUT2D eigenvalue weighted by Gasteiger charge is -2.35. The van der Waals surface area contributed by atoms with Gasteiger partial charge in [0.1, 0.15) is 5.82 Å². The van der Waals surface area contributed by atoms with Crippen molar-refractivity contribution in [2.24, 2.45) is 0 Å². The van der Waals surface area contributed by atoms with Crippen molar-refractivity contribution in [2.45, 2.75) is 12.8 Å². The van der Waals surface area contributed by atoms with Crippen LogP contribution in [0.5, 0.6) is 0 Å². The Morgan fingerprint density at radius 2 is 1.64 bits per heavy atom. The Kier molecular flexibility index (Phi) is 5.77. The maximum atomic E-state index is 14.3. The molecule has 4 rings (SSSR count). The second-order valence-corrected chi connectivity index (χ2v) is 7.73. The molecule has 3 fully saturated rings. The van der Waals surface area contributed by atoms with Crippen molar-refractivity contribution in [2.75, 3.05) is 70.3 Å². The van der Waals surface area contributed by atoms with Crippen molar-refractivity contribution in [3.8, 4) is 0 Å². The van der Waals surface area contributed by atoms with Gasteiger partial charge in [0, 0.05) is 58.0 Å². The minimum absolute atomic E-state index is 0.0442. The third-order valence-corrected chi connectivity index (χ3v) is 5.94.